The fraction of sp³-hybridized carbons (Fsp3) is 0.556. The molecule has 0 spiro atoms. The summed E-state index contributed by atoms with van der Waals surface area (Å²) in [6.07, 6.45) is 0.760. The number of aliphatic carboxylic acids is 1. The van der Waals surface area contributed by atoms with E-state index in [4.69, 9.17) is 9.84 Å². The molecule has 23 heavy (non-hydrogen) atoms. The average molecular weight is 321 g/mol. The van der Waals surface area contributed by atoms with Crippen LogP contribution in [0.3, 0.4) is 0 Å². The number of carbonyl (C=O) groups is 2. The molecule has 0 saturated heterocycles. The van der Waals surface area contributed by atoms with Crippen molar-refractivity contribution in [1.82, 2.24) is 5.32 Å². The Balaban J connectivity index is 2.36. The summed E-state index contributed by atoms with van der Waals surface area (Å²) in [5.41, 5.74) is 2.21. The number of carboxylic acids is 1. The number of carbonyl (C=O) groups excluding carboxylic acids is 1. The third-order valence-electron chi connectivity index (χ3n) is 3.79. The zero-order valence-electron chi connectivity index (χ0n) is 14.4. The van der Waals surface area contributed by atoms with Gasteiger partial charge in [0.1, 0.15) is 5.75 Å². The van der Waals surface area contributed by atoms with Crippen LogP contribution in [0.5, 0.6) is 5.75 Å². The van der Waals surface area contributed by atoms with Gasteiger partial charge in [-0.05, 0) is 43.4 Å². The number of nitrogens with one attached hydrogen (secondary N) is 1. The lowest BCUT2D eigenvalue weighted by atomic mass is 9.97. The molecule has 0 fully saturated rings. The summed E-state index contributed by atoms with van der Waals surface area (Å²) in [5.74, 6) is -0.545. The lowest BCUT2D eigenvalue weighted by Gasteiger charge is -2.15. The van der Waals surface area contributed by atoms with Gasteiger partial charge in [-0.25, -0.2) is 0 Å². The number of ether oxygens (including phenoxy) is 1. The zero-order valence-corrected chi connectivity index (χ0v) is 14.4. The van der Waals surface area contributed by atoms with Gasteiger partial charge in [-0.2, -0.15) is 0 Å². The van der Waals surface area contributed by atoms with Crippen molar-refractivity contribution in [3.05, 3.63) is 29.3 Å². The van der Waals surface area contributed by atoms with Crippen molar-refractivity contribution in [3.8, 4) is 5.75 Å². The highest BCUT2D eigenvalue weighted by Gasteiger charge is 2.19. The number of hydrogen-bond donors (Lipinski definition) is 2. The molecule has 0 aromatic heterocycles. The van der Waals surface area contributed by atoms with E-state index >= 15 is 0 Å². The average Bonchev–Trinajstić information content (AvgIpc) is 2.47. The number of carboxylic acid groups (broad SMARTS) is 1. The minimum Gasteiger partial charge on any atom is -0.493 e. The third-order valence-corrected chi connectivity index (χ3v) is 3.79. The molecule has 1 unspecified atom stereocenters. The molecule has 1 aromatic carbocycles. The SMILES string of the molecule is Cc1cccc(OCCC(=O)NCC(CC(C)C)C(=O)O)c1C. The van der Waals surface area contributed by atoms with E-state index < -0.39 is 11.9 Å². The third kappa shape index (κ3) is 6.72. The summed E-state index contributed by atoms with van der Waals surface area (Å²) in [6, 6.07) is 5.81. The van der Waals surface area contributed by atoms with E-state index in [2.05, 4.69) is 5.32 Å². The van der Waals surface area contributed by atoms with Crippen molar-refractivity contribution in [2.75, 3.05) is 13.2 Å². The molecule has 1 atom stereocenters. The summed E-state index contributed by atoms with van der Waals surface area (Å²) in [4.78, 5) is 23.0. The van der Waals surface area contributed by atoms with Gasteiger partial charge in [-0.1, -0.05) is 26.0 Å². The fourth-order valence-corrected chi connectivity index (χ4v) is 2.30. The fourth-order valence-electron chi connectivity index (χ4n) is 2.30. The Bertz CT molecular complexity index is 540. The molecule has 1 rings (SSSR count). The molecule has 0 heterocycles. The summed E-state index contributed by atoms with van der Waals surface area (Å²) in [5, 5.41) is 11.8. The first kappa shape index (κ1) is 19.0. The monoisotopic (exact) mass is 321 g/mol. The van der Waals surface area contributed by atoms with Crippen LogP contribution < -0.4 is 10.1 Å². The Morgan fingerprint density at radius 2 is 1.96 bits per heavy atom. The maximum atomic E-state index is 11.8. The number of benzene rings is 1. The van der Waals surface area contributed by atoms with E-state index in [1.807, 2.05) is 45.9 Å². The van der Waals surface area contributed by atoms with Crippen LogP contribution in [0.25, 0.3) is 0 Å². The Labute approximate surface area is 138 Å². The molecule has 0 aliphatic carbocycles. The van der Waals surface area contributed by atoms with Gasteiger partial charge in [0.05, 0.1) is 18.9 Å². The molecule has 128 valence electrons. The standard InChI is InChI=1S/C18H27NO4/c1-12(2)10-15(18(21)22)11-19-17(20)8-9-23-16-7-5-6-13(3)14(16)4/h5-7,12,15H,8-11H2,1-4H3,(H,19,20)(H,21,22). The van der Waals surface area contributed by atoms with Crippen LogP contribution >= 0.6 is 0 Å². The summed E-state index contributed by atoms with van der Waals surface area (Å²) in [7, 11) is 0. The summed E-state index contributed by atoms with van der Waals surface area (Å²) < 4.78 is 5.63. The van der Waals surface area contributed by atoms with Gasteiger partial charge in [0.15, 0.2) is 0 Å². The van der Waals surface area contributed by atoms with Gasteiger partial charge in [-0.15, -0.1) is 0 Å². The van der Waals surface area contributed by atoms with E-state index in [1.54, 1.807) is 0 Å². The Hall–Kier alpha value is -2.04. The van der Waals surface area contributed by atoms with Gasteiger partial charge in [0, 0.05) is 6.54 Å². The van der Waals surface area contributed by atoms with Crippen LogP contribution in [-0.4, -0.2) is 30.1 Å². The Morgan fingerprint density at radius 3 is 2.57 bits per heavy atom. The molecule has 0 aliphatic rings. The second-order valence-corrected chi connectivity index (χ2v) is 6.27. The lowest BCUT2D eigenvalue weighted by Crippen LogP contribution is -2.34. The zero-order chi connectivity index (χ0) is 17.4. The van der Waals surface area contributed by atoms with Gasteiger partial charge in [0.2, 0.25) is 5.91 Å². The summed E-state index contributed by atoms with van der Waals surface area (Å²) in [6.45, 7) is 8.36. The largest absolute Gasteiger partial charge is 0.493 e. The van der Waals surface area contributed by atoms with E-state index in [0.29, 0.717) is 6.42 Å². The molecule has 1 amide bonds. The van der Waals surface area contributed by atoms with Gasteiger partial charge >= 0.3 is 5.97 Å². The minimum absolute atomic E-state index is 0.163. The van der Waals surface area contributed by atoms with Crippen LogP contribution in [0.15, 0.2) is 18.2 Å². The molecule has 0 bridgehead atoms. The summed E-state index contributed by atoms with van der Waals surface area (Å²) >= 11 is 0. The highest BCUT2D eigenvalue weighted by atomic mass is 16.5. The first-order chi connectivity index (χ1) is 10.8. The van der Waals surface area contributed by atoms with E-state index in [0.717, 1.165) is 16.9 Å². The van der Waals surface area contributed by atoms with Crippen molar-refractivity contribution in [2.45, 2.75) is 40.5 Å². The Morgan fingerprint density at radius 1 is 1.26 bits per heavy atom. The molecular weight excluding hydrogens is 294 g/mol. The topological polar surface area (TPSA) is 75.6 Å². The van der Waals surface area contributed by atoms with E-state index in [9.17, 15) is 9.59 Å². The number of amides is 1. The van der Waals surface area contributed by atoms with E-state index in [-0.39, 0.29) is 31.4 Å². The maximum absolute atomic E-state index is 11.8. The molecular formula is C18H27NO4. The quantitative estimate of drug-likeness (QED) is 0.733. The van der Waals surface area contributed by atoms with Gasteiger partial charge in [0.25, 0.3) is 0 Å². The highest BCUT2D eigenvalue weighted by Crippen LogP contribution is 2.20. The van der Waals surface area contributed by atoms with Crippen molar-refractivity contribution in [1.29, 1.82) is 0 Å². The molecule has 5 heteroatoms. The van der Waals surface area contributed by atoms with Crippen molar-refractivity contribution in [2.24, 2.45) is 11.8 Å². The molecule has 0 saturated carbocycles. The maximum Gasteiger partial charge on any atom is 0.308 e. The highest BCUT2D eigenvalue weighted by molar-refractivity contribution is 5.77. The second-order valence-electron chi connectivity index (χ2n) is 6.27. The molecule has 1 aromatic rings. The number of aryl methyl sites for hydroxylation is 1. The first-order valence-corrected chi connectivity index (χ1v) is 7.99. The predicted molar refractivity (Wildman–Crippen MR) is 89.6 cm³/mol. The molecule has 5 nitrogen and oxygen atoms in total. The van der Waals surface area contributed by atoms with Crippen LogP contribution in [0, 0.1) is 25.7 Å². The van der Waals surface area contributed by atoms with Crippen LogP contribution in [-0.2, 0) is 9.59 Å². The molecule has 0 aliphatic heterocycles. The number of rotatable bonds is 9. The van der Waals surface area contributed by atoms with Crippen LogP contribution in [0.2, 0.25) is 0 Å². The second kappa shape index (κ2) is 9.18. The normalized spacial score (nSPS) is 12.0. The van der Waals surface area contributed by atoms with Crippen molar-refractivity contribution in [3.63, 3.8) is 0 Å². The predicted octanol–water partition coefficient (Wildman–Crippen LogP) is 2.94. The smallest absolute Gasteiger partial charge is 0.308 e. The van der Waals surface area contributed by atoms with Crippen molar-refractivity contribution >= 4 is 11.9 Å². The van der Waals surface area contributed by atoms with Crippen LogP contribution in [0.4, 0.5) is 0 Å². The van der Waals surface area contributed by atoms with Gasteiger partial charge < -0.3 is 15.2 Å². The Kier molecular flexibility index (Phi) is 7.59. The van der Waals surface area contributed by atoms with E-state index in [1.165, 1.54) is 0 Å². The first-order valence-electron chi connectivity index (χ1n) is 7.99. The number of hydrogen-bond acceptors (Lipinski definition) is 3. The van der Waals surface area contributed by atoms with Crippen LogP contribution in [0.1, 0.15) is 37.8 Å². The molecule has 2 N–H and O–H groups in total. The lowest BCUT2D eigenvalue weighted by molar-refractivity contribution is -0.142. The van der Waals surface area contributed by atoms with Gasteiger partial charge in [-0.3, -0.25) is 9.59 Å². The minimum atomic E-state index is -0.870. The van der Waals surface area contributed by atoms with Crippen molar-refractivity contribution < 1.29 is 19.4 Å². The molecule has 0 radical (unpaired) electrons.